The molecule has 0 atom stereocenters. The van der Waals surface area contributed by atoms with E-state index in [9.17, 15) is 4.79 Å². The van der Waals surface area contributed by atoms with Gasteiger partial charge in [0.05, 0.1) is 30.9 Å². The van der Waals surface area contributed by atoms with Crippen LogP contribution in [0.5, 0.6) is 0 Å². The number of hydrogen-bond acceptors (Lipinski definition) is 4. The number of carbonyl (C=O) groups is 1. The molecule has 0 aliphatic rings. The molecule has 0 amide bonds. The van der Waals surface area contributed by atoms with Gasteiger partial charge >= 0.3 is 5.97 Å². The predicted octanol–water partition coefficient (Wildman–Crippen LogP) is 1.22. The number of nitrogens with zero attached hydrogens (tertiary/aromatic N) is 1. The largest absolute Gasteiger partial charge is 0.469 e. The molecular weight excluding hydrogens is 218 g/mol. The summed E-state index contributed by atoms with van der Waals surface area (Å²) in [5, 5.41) is 3.19. The van der Waals surface area contributed by atoms with Gasteiger partial charge < -0.3 is 15.0 Å². The van der Waals surface area contributed by atoms with Crippen LogP contribution in [0.2, 0.25) is 0 Å². The molecule has 0 aliphatic carbocycles. The minimum atomic E-state index is -0.193. The zero-order valence-electron chi connectivity index (χ0n) is 9.69. The maximum absolute atomic E-state index is 10.9. The van der Waals surface area contributed by atoms with Gasteiger partial charge in [-0.1, -0.05) is 6.07 Å². The van der Waals surface area contributed by atoms with Crippen LogP contribution in [0.1, 0.15) is 12.0 Å². The van der Waals surface area contributed by atoms with Crippen molar-refractivity contribution in [2.45, 2.75) is 13.0 Å². The van der Waals surface area contributed by atoms with Crippen LogP contribution in [0.4, 0.5) is 0 Å². The highest BCUT2D eigenvalue weighted by Crippen LogP contribution is 2.11. The fourth-order valence-corrected chi connectivity index (χ4v) is 1.62. The number of esters is 1. The highest BCUT2D eigenvalue weighted by Gasteiger charge is 2.00. The van der Waals surface area contributed by atoms with Gasteiger partial charge in [-0.3, -0.25) is 4.79 Å². The lowest BCUT2D eigenvalue weighted by Crippen LogP contribution is -2.18. The third-order valence-corrected chi connectivity index (χ3v) is 2.55. The van der Waals surface area contributed by atoms with Crippen molar-refractivity contribution in [3.8, 4) is 0 Å². The van der Waals surface area contributed by atoms with Crippen molar-refractivity contribution >= 4 is 17.0 Å². The van der Waals surface area contributed by atoms with Gasteiger partial charge in [-0.05, 0) is 17.7 Å². The van der Waals surface area contributed by atoms with Crippen molar-refractivity contribution in [2.75, 3.05) is 13.7 Å². The SMILES string of the molecule is COC(=O)CCNCc1ccc2nc[nH]c2c1. The summed E-state index contributed by atoms with van der Waals surface area (Å²) < 4.78 is 4.56. The number of benzene rings is 1. The van der Waals surface area contributed by atoms with E-state index in [1.165, 1.54) is 7.11 Å². The van der Waals surface area contributed by atoms with E-state index in [0.717, 1.165) is 23.1 Å². The quantitative estimate of drug-likeness (QED) is 0.602. The minimum Gasteiger partial charge on any atom is -0.469 e. The number of carbonyl (C=O) groups excluding carboxylic acids is 1. The van der Waals surface area contributed by atoms with Crippen LogP contribution in [-0.2, 0) is 16.1 Å². The van der Waals surface area contributed by atoms with Gasteiger partial charge in [0.25, 0.3) is 0 Å². The third kappa shape index (κ3) is 3.04. The number of rotatable bonds is 5. The van der Waals surface area contributed by atoms with Gasteiger partial charge in [-0.25, -0.2) is 4.98 Å². The van der Waals surface area contributed by atoms with Crippen LogP contribution >= 0.6 is 0 Å². The molecule has 0 saturated heterocycles. The minimum absolute atomic E-state index is 0.193. The van der Waals surface area contributed by atoms with Crippen LogP contribution in [0.15, 0.2) is 24.5 Å². The van der Waals surface area contributed by atoms with E-state index in [2.05, 4.69) is 20.0 Å². The lowest BCUT2D eigenvalue weighted by Gasteiger charge is -2.04. The number of aromatic amines is 1. The Bertz CT molecular complexity index is 507. The lowest BCUT2D eigenvalue weighted by molar-refractivity contribution is -0.140. The summed E-state index contributed by atoms with van der Waals surface area (Å²) in [5.74, 6) is -0.193. The van der Waals surface area contributed by atoms with E-state index < -0.39 is 0 Å². The standard InChI is InChI=1S/C12H15N3O2/c1-17-12(16)4-5-13-7-9-2-3-10-11(6-9)15-8-14-10/h2-3,6,8,13H,4-5,7H2,1H3,(H,14,15). The van der Waals surface area contributed by atoms with Crippen LogP contribution in [0, 0.1) is 0 Å². The Morgan fingerprint density at radius 1 is 1.53 bits per heavy atom. The smallest absolute Gasteiger partial charge is 0.306 e. The zero-order valence-corrected chi connectivity index (χ0v) is 9.69. The molecule has 0 bridgehead atoms. The van der Waals surface area contributed by atoms with Gasteiger partial charge in [-0.15, -0.1) is 0 Å². The monoisotopic (exact) mass is 233 g/mol. The van der Waals surface area contributed by atoms with E-state index >= 15 is 0 Å². The first-order chi connectivity index (χ1) is 8.29. The molecule has 2 aromatic rings. The normalized spacial score (nSPS) is 10.6. The summed E-state index contributed by atoms with van der Waals surface area (Å²) in [6.45, 7) is 1.35. The average Bonchev–Trinajstić information content (AvgIpc) is 2.81. The Morgan fingerprint density at radius 2 is 2.41 bits per heavy atom. The molecule has 17 heavy (non-hydrogen) atoms. The molecule has 0 unspecified atom stereocenters. The maximum atomic E-state index is 10.9. The first-order valence-corrected chi connectivity index (χ1v) is 5.49. The summed E-state index contributed by atoms with van der Waals surface area (Å²) in [5.41, 5.74) is 3.15. The second kappa shape index (κ2) is 5.45. The zero-order chi connectivity index (χ0) is 12.1. The Morgan fingerprint density at radius 3 is 3.24 bits per heavy atom. The molecule has 5 heteroatoms. The van der Waals surface area contributed by atoms with Crippen molar-refractivity contribution in [3.05, 3.63) is 30.1 Å². The van der Waals surface area contributed by atoms with Crippen molar-refractivity contribution in [1.29, 1.82) is 0 Å². The summed E-state index contributed by atoms with van der Waals surface area (Å²) in [7, 11) is 1.40. The summed E-state index contributed by atoms with van der Waals surface area (Å²) >= 11 is 0. The van der Waals surface area contributed by atoms with E-state index in [1.807, 2.05) is 18.2 Å². The number of fused-ring (bicyclic) bond motifs is 1. The molecule has 1 heterocycles. The Balaban J connectivity index is 1.84. The molecule has 5 nitrogen and oxygen atoms in total. The molecule has 0 radical (unpaired) electrons. The summed E-state index contributed by atoms with van der Waals surface area (Å²) in [6, 6.07) is 6.05. The van der Waals surface area contributed by atoms with Gasteiger partial charge in [-0.2, -0.15) is 0 Å². The summed E-state index contributed by atoms with van der Waals surface area (Å²) in [4.78, 5) is 18.1. The molecule has 2 rings (SSSR count). The summed E-state index contributed by atoms with van der Waals surface area (Å²) in [6.07, 6.45) is 2.07. The molecule has 90 valence electrons. The van der Waals surface area contributed by atoms with E-state index in [0.29, 0.717) is 13.0 Å². The van der Waals surface area contributed by atoms with E-state index in [-0.39, 0.29) is 5.97 Å². The number of aromatic nitrogens is 2. The number of nitrogens with one attached hydrogen (secondary N) is 2. The first kappa shape index (κ1) is 11.6. The Kier molecular flexibility index (Phi) is 3.72. The molecule has 0 fully saturated rings. The van der Waals surface area contributed by atoms with Crippen molar-refractivity contribution in [1.82, 2.24) is 15.3 Å². The molecule has 0 aliphatic heterocycles. The molecular formula is C12H15N3O2. The van der Waals surface area contributed by atoms with Gasteiger partial charge in [0.2, 0.25) is 0 Å². The maximum Gasteiger partial charge on any atom is 0.306 e. The van der Waals surface area contributed by atoms with E-state index in [1.54, 1.807) is 6.33 Å². The highest BCUT2D eigenvalue weighted by molar-refractivity contribution is 5.75. The first-order valence-electron chi connectivity index (χ1n) is 5.49. The van der Waals surface area contributed by atoms with Gasteiger partial charge in [0, 0.05) is 13.1 Å². The fraction of sp³-hybridized carbons (Fsp3) is 0.333. The number of hydrogen-bond donors (Lipinski definition) is 2. The molecule has 1 aromatic heterocycles. The van der Waals surface area contributed by atoms with Crippen molar-refractivity contribution in [2.24, 2.45) is 0 Å². The fourth-order valence-electron chi connectivity index (χ4n) is 1.62. The molecule has 0 spiro atoms. The molecule has 0 saturated carbocycles. The number of imidazole rings is 1. The predicted molar refractivity (Wildman–Crippen MR) is 64.4 cm³/mol. The second-order valence-corrected chi connectivity index (χ2v) is 3.76. The number of H-pyrrole nitrogens is 1. The molecule has 2 N–H and O–H groups in total. The topological polar surface area (TPSA) is 67.0 Å². The van der Waals surface area contributed by atoms with Crippen molar-refractivity contribution < 1.29 is 9.53 Å². The van der Waals surface area contributed by atoms with Crippen LogP contribution in [0.25, 0.3) is 11.0 Å². The number of methoxy groups -OCH3 is 1. The van der Waals surface area contributed by atoms with Crippen LogP contribution < -0.4 is 5.32 Å². The van der Waals surface area contributed by atoms with Gasteiger partial charge in [0.15, 0.2) is 0 Å². The lowest BCUT2D eigenvalue weighted by atomic mass is 10.2. The van der Waals surface area contributed by atoms with Gasteiger partial charge in [0.1, 0.15) is 0 Å². The van der Waals surface area contributed by atoms with E-state index in [4.69, 9.17) is 0 Å². The highest BCUT2D eigenvalue weighted by atomic mass is 16.5. The van der Waals surface area contributed by atoms with Crippen LogP contribution in [-0.4, -0.2) is 29.6 Å². The molecule has 1 aromatic carbocycles. The second-order valence-electron chi connectivity index (χ2n) is 3.76. The Hall–Kier alpha value is -1.88. The van der Waals surface area contributed by atoms with Crippen LogP contribution in [0.3, 0.4) is 0 Å². The number of ether oxygens (including phenoxy) is 1. The third-order valence-electron chi connectivity index (χ3n) is 2.55. The van der Waals surface area contributed by atoms with Crippen molar-refractivity contribution in [3.63, 3.8) is 0 Å². The average molecular weight is 233 g/mol. The Labute approximate surface area is 99.2 Å².